The first-order valence-corrected chi connectivity index (χ1v) is 5.96. The van der Waals surface area contributed by atoms with Gasteiger partial charge in [-0.25, -0.2) is 0 Å². The minimum Gasteiger partial charge on any atom is -0.876 e. The summed E-state index contributed by atoms with van der Waals surface area (Å²) in [5.74, 6) is -1.12. The Balaban J connectivity index is -0.0000000675. The van der Waals surface area contributed by atoms with E-state index in [9.17, 15) is 29.7 Å². The van der Waals surface area contributed by atoms with E-state index in [-0.39, 0.29) is 77.0 Å². The van der Waals surface area contributed by atoms with Crippen LogP contribution >= 0.6 is 0 Å². The van der Waals surface area contributed by atoms with Crippen molar-refractivity contribution in [3.05, 3.63) is 35.5 Å². The Kier molecular flexibility index (Phi) is 30.3. The third kappa shape index (κ3) is 63.0. The molecule has 0 aromatic heterocycles. The van der Waals surface area contributed by atoms with Crippen LogP contribution in [0.2, 0.25) is 0 Å². The van der Waals surface area contributed by atoms with Gasteiger partial charge in [-0.1, -0.05) is 20.8 Å². The quantitative estimate of drug-likeness (QED) is 0.354. The molecule has 0 radical (unpaired) electrons. The minimum atomic E-state index is -0.187. The molecule has 0 fully saturated rings. The molecule has 0 bridgehead atoms. The molecule has 0 atom stereocenters. The van der Waals surface area contributed by atoms with E-state index in [1.54, 1.807) is 0 Å². The molecule has 0 aromatic carbocycles. The van der Waals surface area contributed by atoms with E-state index in [1.807, 2.05) is 0 Å². The van der Waals surface area contributed by atoms with Crippen molar-refractivity contribution in [1.82, 2.24) is 0 Å². The van der Waals surface area contributed by atoms with Crippen LogP contribution in [-0.4, -0.2) is 22.8 Å². The van der Waals surface area contributed by atoms with Crippen LogP contribution in [0.5, 0.6) is 0 Å². The van der Waals surface area contributed by atoms with Gasteiger partial charge in [-0.3, -0.25) is 14.4 Å². The van der Waals surface area contributed by atoms with Crippen molar-refractivity contribution in [2.75, 3.05) is 0 Å². The maximum absolute atomic E-state index is 9.98. The number of allylic oxidation sites excluding steroid dienone is 6. The van der Waals surface area contributed by atoms with E-state index in [0.717, 1.165) is 18.2 Å². The second-order valence-electron chi connectivity index (χ2n) is 4.10. The Morgan fingerprint density at radius 1 is 0.565 bits per heavy atom. The number of carbonyl (C=O) groups is 3. The van der Waals surface area contributed by atoms with Crippen molar-refractivity contribution in [2.45, 2.75) is 41.5 Å². The second-order valence-corrected chi connectivity index (χ2v) is 4.10. The molecule has 0 rings (SSSR count). The molecule has 8 heteroatoms. The number of hydrogen-bond acceptors (Lipinski definition) is 6. The molecule has 0 unspecified atom stereocenters. The largest absolute Gasteiger partial charge is 3.00 e. The first-order chi connectivity index (χ1) is 9.38. The molecular weight excluding hydrogens is 467 g/mol. The minimum absolute atomic E-state index is 0. The maximum Gasteiger partial charge on any atom is 3.00 e. The van der Waals surface area contributed by atoms with Crippen LogP contribution in [0, 0.1) is 36.9 Å². The third-order valence-corrected chi connectivity index (χ3v) is 1.22. The zero-order valence-corrected chi connectivity index (χ0v) is 15.6. The van der Waals surface area contributed by atoms with E-state index < -0.39 is 0 Å². The van der Waals surface area contributed by atoms with Crippen LogP contribution in [0.1, 0.15) is 41.5 Å². The Bertz CT molecular complexity index is 370. The fourth-order valence-corrected chi connectivity index (χ4v) is 0.859. The standard InChI is InChI=1S/3C5H8O2.Lu.H2O/c3*1-4(6)3-5(2)7;;/h3*3,6H,1-2H3;;1H2/q;;;+3;/p-3/b3*4-3-;;. The van der Waals surface area contributed by atoms with E-state index in [0.29, 0.717) is 0 Å². The SMILES string of the molecule is CC(=O)/C=C(/C)[O-].CC(=O)/C=C(/C)[O-].CC(=O)/C=C(/C)[O-].O.[Lu+3]. The molecule has 0 aromatic rings. The van der Waals surface area contributed by atoms with Gasteiger partial charge in [0.05, 0.1) is 0 Å². The molecule has 0 aliphatic heterocycles. The van der Waals surface area contributed by atoms with Gasteiger partial charge in [0.1, 0.15) is 0 Å². The third-order valence-electron chi connectivity index (χ3n) is 1.22. The van der Waals surface area contributed by atoms with Gasteiger partial charge < -0.3 is 20.8 Å². The van der Waals surface area contributed by atoms with Crippen LogP contribution in [0.3, 0.4) is 0 Å². The predicted octanol–water partition coefficient (Wildman–Crippen LogP) is -1.31. The molecule has 140 valence electrons. The van der Waals surface area contributed by atoms with E-state index in [2.05, 4.69) is 0 Å². The summed E-state index contributed by atoms with van der Waals surface area (Å²) in [5.41, 5.74) is 0. The summed E-state index contributed by atoms with van der Waals surface area (Å²) >= 11 is 0. The summed E-state index contributed by atoms with van der Waals surface area (Å²) in [6, 6.07) is 0. The Morgan fingerprint density at radius 2 is 0.696 bits per heavy atom. The molecule has 23 heavy (non-hydrogen) atoms. The number of carbonyl (C=O) groups excluding carboxylic acids is 3. The summed E-state index contributed by atoms with van der Waals surface area (Å²) in [6.07, 6.45) is 3.17. The fourth-order valence-electron chi connectivity index (χ4n) is 0.859. The zero-order valence-electron chi connectivity index (χ0n) is 13.9. The summed E-state index contributed by atoms with van der Waals surface area (Å²) in [5, 5.41) is 29.9. The van der Waals surface area contributed by atoms with Crippen molar-refractivity contribution < 1.29 is 72.1 Å². The molecule has 0 spiro atoms. The smallest absolute Gasteiger partial charge is 0.876 e. The van der Waals surface area contributed by atoms with Crippen LogP contribution in [0.25, 0.3) is 0 Å². The van der Waals surface area contributed by atoms with E-state index in [4.69, 9.17) is 0 Å². The number of rotatable bonds is 3. The fraction of sp³-hybridized carbons (Fsp3) is 0.400. The molecule has 0 amide bonds. The summed E-state index contributed by atoms with van der Waals surface area (Å²) in [4.78, 5) is 29.9. The Morgan fingerprint density at radius 3 is 0.696 bits per heavy atom. The van der Waals surface area contributed by atoms with Crippen LogP contribution in [0.4, 0.5) is 0 Å². The molecule has 0 heterocycles. The van der Waals surface area contributed by atoms with Gasteiger partial charge in [0.15, 0.2) is 17.3 Å². The van der Waals surface area contributed by atoms with Gasteiger partial charge >= 0.3 is 36.9 Å². The second kappa shape index (κ2) is 20.8. The molecule has 0 saturated heterocycles. The molecule has 0 saturated carbocycles. The summed E-state index contributed by atoms with van der Waals surface area (Å²) in [6.45, 7) is 8.09. The molecule has 7 nitrogen and oxygen atoms in total. The van der Waals surface area contributed by atoms with Gasteiger partial charge in [-0.2, -0.15) is 0 Å². The average Bonchev–Trinajstić information content (AvgIpc) is 2.10. The van der Waals surface area contributed by atoms with Gasteiger partial charge in [-0.15, -0.1) is 17.3 Å². The van der Waals surface area contributed by atoms with Crippen molar-refractivity contribution in [3.63, 3.8) is 0 Å². The van der Waals surface area contributed by atoms with Crippen molar-refractivity contribution in [1.29, 1.82) is 0 Å². The maximum atomic E-state index is 9.98. The predicted molar refractivity (Wildman–Crippen MR) is 76.9 cm³/mol. The van der Waals surface area contributed by atoms with E-state index in [1.165, 1.54) is 41.5 Å². The first-order valence-electron chi connectivity index (χ1n) is 5.96. The molecular formula is C15H23LuO7. The number of hydrogen-bond donors (Lipinski definition) is 0. The van der Waals surface area contributed by atoms with Crippen molar-refractivity contribution in [2.24, 2.45) is 0 Å². The Labute approximate surface area is 165 Å². The van der Waals surface area contributed by atoms with Crippen LogP contribution in [-0.2, 0) is 14.4 Å². The van der Waals surface area contributed by atoms with Crippen molar-refractivity contribution >= 4 is 17.3 Å². The topological polar surface area (TPSA) is 152 Å². The monoisotopic (exact) mass is 490 g/mol. The zero-order chi connectivity index (χ0) is 17.6. The van der Waals surface area contributed by atoms with Crippen molar-refractivity contribution in [3.8, 4) is 0 Å². The summed E-state index contributed by atoms with van der Waals surface area (Å²) in [7, 11) is 0. The average molecular weight is 490 g/mol. The van der Waals surface area contributed by atoms with Crippen LogP contribution in [0.15, 0.2) is 35.5 Å². The summed E-state index contributed by atoms with van der Waals surface area (Å²) < 4.78 is 0. The first kappa shape index (κ1) is 33.4. The number of ketones is 3. The molecule has 0 aliphatic carbocycles. The molecule has 2 N–H and O–H groups in total. The molecule has 0 aliphatic rings. The van der Waals surface area contributed by atoms with Gasteiger partial charge in [0.25, 0.3) is 0 Å². The van der Waals surface area contributed by atoms with Gasteiger partial charge in [-0.05, 0) is 39.0 Å². The van der Waals surface area contributed by atoms with Crippen LogP contribution < -0.4 is 15.3 Å². The van der Waals surface area contributed by atoms with Gasteiger partial charge in [0.2, 0.25) is 0 Å². The normalized spacial score (nSPS) is 10.4. The van der Waals surface area contributed by atoms with Gasteiger partial charge in [0, 0.05) is 0 Å². The Hall–Kier alpha value is -1.18. The van der Waals surface area contributed by atoms with E-state index >= 15 is 0 Å².